The highest BCUT2D eigenvalue weighted by Crippen LogP contribution is 2.16. The Bertz CT molecular complexity index is 524. The molecule has 1 saturated heterocycles. The summed E-state index contributed by atoms with van der Waals surface area (Å²) < 4.78 is 0. The molecule has 2 rings (SSSR count). The number of hydrogen-bond acceptors (Lipinski definition) is 5. The fraction of sp³-hybridized carbons (Fsp3) is 0.462. The van der Waals surface area contributed by atoms with Crippen molar-refractivity contribution in [2.75, 3.05) is 37.6 Å². The third kappa shape index (κ3) is 3.45. The molecule has 0 atom stereocenters. The minimum Gasteiger partial charge on any atom is -0.480 e. The van der Waals surface area contributed by atoms with Crippen LogP contribution in [0.4, 0.5) is 5.82 Å². The van der Waals surface area contributed by atoms with E-state index in [1.807, 2.05) is 16.7 Å². The van der Waals surface area contributed by atoms with Gasteiger partial charge in [-0.2, -0.15) is 0 Å². The normalized spacial score (nSPS) is 16.1. The lowest BCUT2D eigenvalue weighted by molar-refractivity contribution is -0.138. The number of piperazine rings is 1. The molecule has 1 aliphatic rings. The Labute approximate surface area is 117 Å². The second-order valence-electron chi connectivity index (χ2n) is 4.88. The summed E-state index contributed by atoms with van der Waals surface area (Å²) in [7, 11) is 0. The number of rotatable bonds is 4. The number of aliphatic carboxylic acids is 1. The first-order chi connectivity index (χ1) is 9.45. The van der Waals surface area contributed by atoms with Crippen molar-refractivity contribution < 1.29 is 14.7 Å². The zero-order valence-corrected chi connectivity index (χ0v) is 11.4. The monoisotopic (exact) mass is 278 g/mol. The predicted octanol–water partition coefficient (Wildman–Crippen LogP) is -0.304. The molecule has 2 heterocycles. The van der Waals surface area contributed by atoms with Crippen LogP contribution in [-0.4, -0.2) is 59.6 Å². The Morgan fingerprint density at radius 3 is 2.50 bits per heavy atom. The van der Waals surface area contributed by atoms with Crippen LogP contribution in [0.15, 0.2) is 12.1 Å². The van der Waals surface area contributed by atoms with E-state index < -0.39 is 11.9 Å². The molecule has 0 radical (unpaired) electrons. The zero-order chi connectivity index (χ0) is 14.7. The molecule has 1 aromatic heterocycles. The summed E-state index contributed by atoms with van der Waals surface area (Å²) in [4.78, 5) is 30.3. The van der Waals surface area contributed by atoms with Gasteiger partial charge in [-0.1, -0.05) is 0 Å². The van der Waals surface area contributed by atoms with Crippen LogP contribution in [0.3, 0.4) is 0 Å². The topological polar surface area (TPSA) is 99.8 Å². The van der Waals surface area contributed by atoms with E-state index in [1.165, 1.54) is 0 Å². The van der Waals surface area contributed by atoms with E-state index in [2.05, 4.69) is 4.98 Å². The number of amides is 1. The summed E-state index contributed by atoms with van der Waals surface area (Å²) in [6.45, 7) is 4.56. The number of carbonyl (C=O) groups excluding carboxylic acids is 1. The first-order valence-electron chi connectivity index (χ1n) is 6.43. The van der Waals surface area contributed by atoms with Crippen LogP contribution in [0.2, 0.25) is 0 Å². The average Bonchev–Trinajstić information content (AvgIpc) is 2.38. The Kier molecular flexibility index (Phi) is 4.19. The quantitative estimate of drug-likeness (QED) is 0.784. The summed E-state index contributed by atoms with van der Waals surface area (Å²) in [5, 5.41) is 8.76. The number of carboxylic acids is 1. The fourth-order valence-electron chi connectivity index (χ4n) is 2.28. The van der Waals surface area contributed by atoms with Crippen molar-refractivity contribution in [3.8, 4) is 0 Å². The molecular formula is C13H18N4O3. The number of carboxylic acid groups (broad SMARTS) is 1. The number of nitrogens with zero attached hydrogens (tertiary/aromatic N) is 3. The van der Waals surface area contributed by atoms with E-state index >= 15 is 0 Å². The molecular weight excluding hydrogens is 260 g/mol. The summed E-state index contributed by atoms with van der Waals surface area (Å²) in [5.74, 6) is -0.571. The standard InChI is InChI=1S/C13H18N4O3/c1-9-6-10(13(14)20)7-11(15-9)17-4-2-16(3-5-17)8-12(18)19/h6-7H,2-5,8H2,1H3,(H2,14,20)(H,18,19). The molecule has 108 valence electrons. The SMILES string of the molecule is Cc1cc(C(N)=O)cc(N2CCN(CC(=O)O)CC2)n1. The van der Waals surface area contributed by atoms with E-state index in [0.29, 0.717) is 37.6 Å². The Hall–Kier alpha value is -2.15. The summed E-state index contributed by atoms with van der Waals surface area (Å²) >= 11 is 0. The summed E-state index contributed by atoms with van der Waals surface area (Å²) in [6, 6.07) is 3.34. The summed E-state index contributed by atoms with van der Waals surface area (Å²) in [6.07, 6.45) is 0. The Morgan fingerprint density at radius 2 is 1.95 bits per heavy atom. The van der Waals surface area contributed by atoms with E-state index in [9.17, 15) is 9.59 Å². The van der Waals surface area contributed by atoms with Crippen molar-refractivity contribution in [2.45, 2.75) is 6.92 Å². The van der Waals surface area contributed by atoms with Crippen LogP contribution in [-0.2, 0) is 4.79 Å². The average molecular weight is 278 g/mol. The van der Waals surface area contributed by atoms with Crippen molar-refractivity contribution in [3.63, 3.8) is 0 Å². The molecule has 1 fully saturated rings. The molecule has 7 nitrogen and oxygen atoms in total. The molecule has 0 saturated carbocycles. The molecule has 1 aromatic rings. The van der Waals surface area contributed by atoms with Crippen molar-refractivity contribution in [2.24, 2.45) is 5.73 Å². The van der Waals surface area contributed by atoms with Crippen molar-refractivity contribution in [1.82, 2.24) is 9.88 Å². The highest BCUT2D eigenvalue weighted by atomic mass is 16.4. The zero-order valence-electron chi connectivity index (χ0n) is 11.4. The minimum atomic E-state index is -0.817. The second kappa shape index (κ2) is 5.87. The van der Waals surface area contributed by atoms with Gasteiger partial charge >= 0.3 is 5.97 Å². The number of primary amides is 1. The van der Waals surface area contributed by atoms with E-state index in [4.69, 9.17) is 10.8 Å². The molecule has 1 amide bonds. The molecule has 0 spiro atoms. The van der Waals surface area contributed by atoms with Gasteiger partial charge in [0.1, 0.15) is 5.82 Å². The number of nitrogens with two attached hydrogens (primary N) is 1. The fourth-order valence-corrected chi connectivity index (χ4v) is 2.28. The summed E-state index contributed by atoms with van der Waals surface area (Å²) in [5.41, 5.74) is 6.48. The number of aryl methyl sites for hydroxylation is 1. The van der Waals surface area contributed by atoms with Crippen molar-refractivity contribution in [1.29, 1.82) is 0 Å². The van der Waals surface area contributed by atoms with E-state index in [-0.39, 0.29) is 6.54 Å². The largest absolute Gasteiger partial charge is 0.480 e. The van der Waals surface area contributed by atoms with Crippen molar-refractivity contribution in [3.05, 3.63) is 23.4 Å². The Morgan fingerprint density at radius 1 is 1.30 bits per heavy atom. The maximum absolute atomic E-state index is 11.3. The molecule has 7 heteroatoms. The lowest BCUT2D eigenvalue weighted by Crippen LogP contribution is -2.48. The van der Waals surface area contributed by atoms with Gasteiger partial charge in [0, 0.05) is 37.4 Å². The van der Waals surface area contributed by atoms with Gasteiger partial charge in [-0.25, -0.2) is 4.98 Å². The smallest absolute Gasteiger partial charge is 0.317 e. The highest BCUT2D eigenvalue weighted by molar-refractivity contribution is 5.93. The van der Waals surface area contributed by atoms with Gasteiger partial charge in [-0.15, -0.1) is 0 Å². The lowest BCUT2D eigenvalue weighted by atomic mass is 10.2. The lowest BCUT2D eigenvalue weighted by Gasteiger charge is -2.34. The molecule has 0 unspecified atom stereocenters. The molecule has 20 heavy (non-hydrogen) atoms. The number of aromatic nitrogens is 1. The third-order valence-corrected chi connectivity index (χ3v) is 3.28. The van der Waals surface area contributed by atoms with Crippen LogP contribution in [0.25, 0.3) is 0 Å². The maximum Gasteiger partial charge on any atom is 0.317 e. The molecule has 0 aliphatic carbocycles. The Balaban J connectivity index is 2.07. The van der Waals surface area contributed by atoms with Gasteiger partial charge in [-0.3, -0.25) is 14.5 Å². The van der Waals surface area contributed by atoms with Gasteiger partial charge in [0.2, 0.25) is 5.91 Å². The van der Waals surface area contributed by atoms with Gasteiger partial charge < -0.3 is 15.7 Å². The van der Waals surface area contributed by atoms with Crippen LogP contribution < -0.4 is 10.6 Å². The van der Waals surface area contributed by atoms with Crippen LogP contribution in [0.5, 0.6) is 0 Å². The third-order valence-electron chi connectivity index (χ3n) is 3.28. The molecule has 0 aromatic carbocycles. The highest BCUT2D eigenvalue weighted by Gasteiger charge is 2.20. The number of hydrogen-bond donors (Lipinski definition) is 2. The van der Waals surface area contributed by atoms with Gasteiger partial charge in [-0.05, 0) is 19.1 Å². The predicted molar refractivity (Wildman–Crippen MR) is 73.8 cm³/mol. The van der Waals surface area contributed by atoms with Crippen molar-refractivity contribution >= 4 is 17.7 Å². The minimum absolute atomic E-state index is 0.0572. The second-order valence-corrected chi connectivity index (χ2v) is 4.88. The molecule has 0 bridgehead atoms. The van der Waals surface area contributed by atoms with Crippen LogP contribution >= 0.6 is 0 Å². The molecule has 3 N–H and O–H groups in total. The molecule has 1 aliphatic heterocycles. The van der Waals surface area contributed by atoms with Gasteiger partial charge in [0.05, 0.1) is 6.54 Å². The number of pyridine rings is 1. The first-order valence-corrected chi connectivity index (χ1v) is 6.43. The van der Waals surface area contributed by atoms with Gasteiger partial charge in [0.15, 0.2) is 0 Å². The van der Waals surface area contributed by atoms with Crippen LogP contribution in [0, 0.1) is 6.92 Å². The van der Waals surface area contributed by atoms with Gasteiger partial charge in [0.25, 0.3) is 0 Å². The first kappa shape index (κ1) is 14.3. The number of carbonyl (C=O) groups is 2. The van der Waals surface area contributed by atoms with E-state index in [0.717, 1.165) is 5.69 Å². The maximum atomic E-state index is 11.3. The number of anilines is 1. The van der Waals surface area contributed by atoms with E-state index in [1.54, 1.807) is 12.1 Å². The van der Waals surface area contributed by atoms with Crippen LogP contribution in [0.1, 0.15) is 16.1 Å².